The van der Waals surface area contributed by atoms with Gasteiger partial charge in [-0.3, -0.25) is 9.59 Å². The second kappa shape index (κ2) is 5.29. The normalized spacial score (nSPS) is 10.2. The molecule has 0 saturated heterocycles. The summed E-state index contributed by atoms with van der Waals surface area (Å²) in [6.07, 6.45) is 1.69. The molecule has 1 heterocycles. The van der Waals surface area contributed by atoms with Crippen LogP contribution in [0.1, 0.15) is 25.5 Å². The van der Waals surface area contributed by atoms with Crippen LogP contribution < -0.4 is 5.56 Å². The third-order valence-electron chi connectivity index (χ3n) is 1.98. The lowest BCUT2D eigenvalue weighted by molar-refractivity contribution is -0.136. The highest BCUT2D eigenvalue weighted by Crippen LogP contribution is 1.94. The molecule has 1 aromatic heterocycles. The van der Waals surface area contributed by atoms with Gasteiger partial charge in [0.1, 0.15) is 0 Å². The molecule has 0 aromatic carbocycles. The Balaban J connectivity index is 2.84. The lowest BCUT2D eigenvalue weighted by Gasteiger charge is -2.04. The van der Waals surface area contributed by atoms with E-state index in [1.165, 1.54) is 16.8 Å². The summed E-state index contributed by atoms with van der Waals surface area (Å²) in [6.45, 7) is 2.56. The second-order valence-electron chi connectivity index (χ2n) is 3.31. The zero-order chi connectivity index (χ0) is 11.3. The van der Waals surface area contributed by atoms with E-state index in [2.05, 4.69) is 5.10 Å². The lowest BCUT2D eigenvalue weighted by atomic mass is 10.3. The molecule has 0 unspecified atom stereocenters. The van der Waals surface area contributed by atoms with Crippen molar-refractivity contribution in [2.24, 2.45) is 0 Å². The van der Waals surface area contributed by atoms with Crippen LogP contribution in [0, 0.1) is 0 Å². The van der Waals surface area contributed by atoms with E-state index in [0.29, 0.717) is 12.2 Å². The highest BCUT2D eigenvalue weighted by molar-refractivity contribution is 5.69. The topological polar surface area (TPSA) is 72.2 Å². The average molecular weight is 210 g/mol. The first-order valence-corrected chi connectivity index (χ1v) is 4.92. The first kappa shape index (κ1) is 11.4. The van der Waals surface area contributed by atoms with Crippen LogP contribution in [-0.2, 0) is 17.8 Å². The Morgan fingerprint density at radius 3 is 2.87 bits per heavy atom. The standard InChI is InChI=1S/C10H14N2O3/c1-2-3-6-12-9(13)5-4-8(11-12)7-10(14)15/h4-5H,2-3,6-7H2,1H3,(H,14,15). The summed E-state index contributed by atoms with van der Waals surface area (Å²) >= 11 is 0. The SMILES string of the molecule is CCCCn1nc(CC(=O)O)ccc1=O. The van der Waals surface area contributed by atoms with Crippen LogP contribution in [0.5, 0.6) is 0 Å². The smallest absolute Gasteiger partial charge is 0.309 e. The summed E-state index contributed by atoms with van der Waals surface area (Å²) in [4.78, 5) is 21.8. The number of aryl methyl sites for hydroxylation is 1. The number of aromatic nitrogens is 2. The van der Waals surface area contributed by atoms with E-state index in [9.17, 15) is 9.59 Å². The van der Waals surface area contributed by atoms with Gasteiger partial charge in [-0.05, 0) is 12.5 Å². The summed E-state index contributed by atoms with van der Waals surface area (Å²) in [5, 5.41) is 12.5. The number of aliphatic carboxylic acids is 1. The van der Waals surface area contributed by atoms with Crippen LogP contribution in [-0.4, -0.2) is 20.9 Å². The Morgan fingerprint density at radius 1 is 1.53 bits per heavy atom. The summed E-state index contributed by atoms with van der Waals surface area (Å²) in [5.41, 5.74) is 0.232. The van der Waals surface area contributed by atoms with Gasteiger partial charge in [-0.15, -0.1) is 0 Å². The molecule has 1 rings (SSSR count). The minimum atomic E-state index is -0.941. The van der Waals surface area contributed by atoms with Crippen molar-refractivity contribution in [2.75, 3.05) is 0 Å². The lowest BCUT2D eigenvalue weighted by Crippen LogP contribution is -2.23. The van der Waals surface area contributed by atoms with Gasteiger partial charge in [0.2, 0.25) is 0 Å². The second-order valence-corrected chi connectivity index (χ2v) is 3.31. The van der Waals surface area contributed by atoms with Gasteiger partial charge < -0.3 is 5.11 Å². The van der Waals surface area contributed by atoms with Gasteiger partial charge in [0.05, 0.1) is 12.1 Å². The molecule has 0 saturated carbocycles. The fourth-order valence-corrected chi connectivity index (χ4v) is 1.21. The number of hydrogen-bond donors (Lipinski definition) is 1. The van der Waals surface area contributed by atoms with Crippen molar-refractivity contribution in [3.63, 3.8) is 0 Å². The maximum Gasteiger partial charge on any atom is 0.309 e. The first-order valence-electron chi connectivity index (χ1n) is 4.92. The predicted octanol–water partition coefficient (Wildman–Crippen LogP) is 0.671. The zero-order valence-corrected chi connectivity index (χ0v) is 8.64. The number of rotatable bonds is 5. The number of carboxylic acid groups (broad SMARTS) is 1. The Hall–Kier alpha value is -1.65. The molecule has 1 N–H and O–H groups in total. The molecule has 0 aliphatic heterocycles. The summed E-state index contributed by atoms with van der Waals surface area (Å²) < 4.78 is 1.32. The fraction of sp³-hybridized carbons (Fsp3) is 0.500. The Bertz CT molecular complexity index is 398. The van der Waals surface area contributed by atoms with E-state index in [-0.39, 0.29) is 12.0 Å². The van der Waals surface area contributed by atoms with Crippen LogP contribution in [0.2, 0.25) is 0 Å². The van der Waals surface area contributed by atoms with Crippen LogP contribution in [0.25, 0.3) is 0 Å². The van der Waals surface area contributed by atoms with E-state index in [1.807, 2.05) is 6.92 Å². The van der Waals surface area contributed by atoms with Crippen molar-refractivity contribution in [3.8, 4) is 0 Å². The molecule has 0 radical (unpaired) electrons. The largest absolute Gasteiger partial charge is 0.481 e. The van der Waals surface area contributed by atoms with Crippen molar-refractivity contribution in [3.05, 3.63) is 28.2 Å². The van der Waals surface area contributed by atoms with E-state index >= 15 is 0 Å². The van der Waals surface area contributed by atoms with E-state index in [4.69, 9.17) is 5.11 Å². The van der Waals surface area contributed by atoms with Gasteiger partial charge in [0.15, 0.2) is 0 Å². The number of carboxylic acids is 1. The van der Waals surface area contributed by atoms with E-state index in [0.717, 1.165) is 12.8 Å². The molecule has 5 heteroatoms. The van der Waals surface area contributed by atoms with E-state index in [1.54, 1.807) is 0 Å². The maximum atomic E-state index is 11.3. The van der Waals surface area contributed by atoms with Crippen molar-refractivity contribution in [1.29, 1.82) is 0 Å². The molecule has 82 valence electrons. The fourth-order valence-electron chi connectivity index (χ4n) is 1.21. The van der Waals surface area contributed by atoms with Crippen molar-refractivity contribution < 1.29 is 9.90 Å². The molecule has 0 fully saturated rings. The minimum Gasteiger partial charge on any atom is -0.481 e. The molecule has 0 spiro atoms. The van der Waals surface area contributed by atoms with Crippen LogP contribution >= 0.6 is 0 Å². The monoisotopic (exact) mass is 210 g/mol. The van der Waals surface area contributed by atoms with Crippen LogP contribution in [0.4, 0.5) is 0 Å². The Labute approximate surface area is 87.4 Å². The highest BCUT2D eigenvalue weighted by Gasteiger charge is 2.04. The predicted molar refractivity (Wildman–Crippen MR) is 54.7 cm³/mol. The third kappa shape index (κ3) is 3.53. The van der Waals surface area contributed by atoms with Gasteiger partial charge in [0.25, 0.3) is 5.56 Å². The molecule has 15 heavy (non-hydrogen) atoms. The summed E-state index contributed by atoms with van der Waals surface area (Å²) in [7, 11) is 0. The van der Waals surface area contributed by atoms with Crippen molar-refractivity contribution >= 4 is 5.97 Å². The third-order valence-corrected chi connectivity index (χ3v) is 1.98. The van der Waals surface area contributed by atoms with Gasteiger partial charge in [0, 0.05) is 12.6 Å². The first-order chi connectivity index (χ1) is 7.13. The Kier molecular flexibility index (Phi) is 4.03. The number of nitrogens with zero attached hydrogens (tertiary/aromatic N) is 2. The number of hydrogen-bond acceptors (Lipinski definition) is 3. The molecular weight excluding hydrogens is 196 g/mol. The van der Waals surface area contributed by atoms with Crippen molar-refractivity contribution in [2.45, 2.75) is 32.7 Å². The summed E-state index contributed by atoms with van der Waals surface area (Å²) in [5.74, 6) is -0.941. The maximum absolute atomic E-state index is 11.3. The molecule has 0 aliphatic rings. The molecule has 0 amide bonds. The molecule has 0 aliphatic carbocycles. The zero-order valence-electron chi connectivity index (χ0n) is 8.64. The number of carbonyl (C=O) groups is 1. The van der Waals surface area contributed by atoms with E-state index < -0.39 is 5.97 Å². The van der Waals surface area contributed by atoms with Gasteiger partial charge >= 0.3 is 5.97 Å². The van der Waals surface area contributed by atoms with Gasteiger partial charge in [-0.1, -0.05) is 13.3 Å². The molecule has 0 atom stereocenters. The van der Waals surface area contributed by atoms with Gasteiger partial charge in [-0.25, -0.2) is 4.68 Å². The van der Waals surface area contributed by atoms with Crippen LogP contribution in [0.3, 0.4) is 0 Å². The average Bonchev–Trinajstić information content (AvgIpc) is 2.18. The minimum absolute atomic E-state index is 0.146. The van der Waals surface area contributed by atoms with Crippen LogP contribution in [0.15, 0.2) is 16.9 Å². The highest BCUT2D eigenvalue weighted by atomic mass is 16.4. The molecule has 1 aromatic rings. The summed E-state index contributed by atoms with van der Waals surface area (Å²) in [6, 6.07) is 2.82. The van der Waals surface area contributed by atoms with Crippen molar-refractivity contribution in [1.82, 2.24) is 9.78 Å². The van der Waals surface area contributed by atoms with Gasteiger partial charge in [-0.2, -0.15) is 5.10 Å². The molecule has 5 nitrogen and oxygen atoms in total. The number of unbranched alkanes of at least 4 members (excludes halogenated alkanes) is 1. The Morgan fingerprint density at radius 2 is 2.27 bits per heavy atom. The quantitative estimate of drug-likeness (QED) is 0.775. The molecular formula is C10H14N2O3. The molecule has 0 bridgehead atoms.